The predicted molar refractivity (Wildman–Crippen MR) is 77.3 cm³/mol. The standard InChI is InChI=1S/C12H15Cl2FN4O/c1-6-4-10(14)18-11(16-6)19-12(20)17-7-2-3-9(15)8(13)5-7/h2-3,5-6,10-11,16,18H,4H2,1H3,(H2,17,19,20). The lowest BCUT2D eigenvalue weighted by Crippen LogP contribution is -2.63. The number of hydrogen-bond acceptors (Lipinski definition) is 3. The van der Waals surface area contributed by atoms with Crippen LogP contribution < -0.4 is 21.3 Å². The number of benzene rings is 1. The molecule has 0 aliphatic carbocycles. The van der Waals surface area contributed by atoms with Gasteiger partial charge in [0.25, 0.3) is 0 Å². The third-order valence-corrected chi connectivity index (χ3v) is 3.41. The topological polar surface area (TPSA) is 65.2 Å². The van der Waals surface area contributed by atoms with Crippen molar-refractivity contribution in [2.45, 2.75) is 31.2 Å². The van der Waals surface area contributed by atoms with Gasteiger partial charge in [-0.3, -0.25) is 10.6 Å². The summed E-state index contributed by atoms with van der Waals surface area (Å²) >= 11 is 11.6. The Bertz CT molecular complexity index is 492. The smallest absolute Gasteiger partial charge is 0.310 e. The molecule has 1 aromatic carbocycles. The molecule has 0 spiro atoms. The normalized spacial score (nSPS) is 26.1. The highest BCUT2D eigenvalue weighted by molar-refractivity contribution is 6.31. The van der Waals surface area contributed by atoms with Crippen LogP contribution in [-0.4, -0.2) is 23.9 Å². The van der Waals surface area contributed by atoms with E-state index in [0.717, 1.165) is 6.42 Å². The fraction of sp³-hybridized carbons (Fsp3) is 0.417. The highest BCUT2D eigenvalue weighted by Gasteiger charge is 2.24. The third-order valence-electron chi connectivity index (χ3n) is 2.81. The van der Waals surface area contributed by atoms with Crippen molar-refractivity contribution in [3.05, 3.63) is 29.0 Å². The Morgan fingerprint density at radius 3 is 2.85 bits per heavy atom. The Kier molecular flexibility index (Phi) is 5.04. The van der Waals surface area contributed by atoms with Crippen LogP contribution in [0, 0.1) is 5.82 Å². The lowest BCUT2D eigenvalue weighted by atomic mass is 10.2. The van der Waals surface area contributed by atoms with E-state index in [0.29, 0.717) is 5.69 Å². The quantitative estimate of drug-likeness (QED) is 0.500. The SMILES string of the molecule is CC1CC(Cl)NC(NC(=O)Nc2ccc(F)c(Cl)c2)N1. The number of amides is 2. The number of urea groups is 1. The molecule has 3 unspecified atom stereocenters. The van der Waals surface area contributed by atoms with Crippen molar-refractivity contribution >= 4 is 34.9 Å². The van der Waals surface area contributed by atoms with E-state index in [1.54, 1.807) is 0 Å². The summed E-state index contributed by atoms with van der Waals surface area (Å²) in [5.74, 6) is -0.535. The molecule has 1 aromatic rings. The van der Waals surface area contributed by atoms with Crippen LogP contribution in [0.4, 0.5) is 14.9 Å². The summed E-state index contributed by atoms with van der Waals surface area (Å²) in [5, 5.41) is 11.3. The van der Waals surface area contributed by atoms with Gasteiger partial charge in [-0.2, -0.15) is 0 Å². The molecule has 20 heavy (non-hydrogen) atoms. The number of anilines is 1. The van der Waals surface area contributed by atoms with Crippen molar-refractivity contribution in [2.24, 2.45) is 0 Å². The Balaban J connectivity index is 1.90. The van der Waals surface area contributed by atoms with Gasteiger partial charge in [0.05, 0.1) is 10.5 Å². The van der Waals surface area contributed by atoms with Crippen molar-refractivity contribution in [2.75, 3.05) is 5.32 Å². The number of nitrogens with one attached hydrogen (secondary N) is 4. The maximum absolute atomic E-state index is 13.0. The maximum atomic E-state index is 13.0. The van der Waals surface area contributed by atoms with Crippen LogP contribution in [0.1, 0.15) is 13.3 Å². The van der Waals surface area contributed by atoms with Crippen molar-refractivity contribution in [1.82, 2.24) is 16.0 Å². The summed E-state index contributed by atoms with van der Waals surface area (Å²) in [7, 11) is 0. The molecule has 8 heteroatoms. The molecule has 2 amide bonds. The molecular weight excluding hydrogens is 306 g/mol. The van der Waals surface area contributed by atoms with Crippen LogP contribution >= 0.6 is 23.2 Å². The van der Waals surface area contributed by atoms with Gasteiger partial charge in [-0.25, -0.2) is 9.18 Å². The summed E-state index contributed by atoms with van der Waals surface area (Å²) in [4.78, 5) is 11.8. The van der Waals surface area contributed by atoms with Crippen LogP contribution in [0.5, 0.6) is 0 Å². The van der Waals surface area contributed by atoms with Gasteiger partial charge in [0, 0.05) is 11.7 Å². The van der Waals surface area contributed by atoms with E-state index >= 15 is 0 Å². The first-order valence-electron chi connectivity index (χ1n) is 6.13. The highest BCUT2D eigenvalue weighted by Crippen LogP contribution is 2.19. The van der Waals surface area contributed by atoms with Crippen molar-refractivity contribution in [1.29, 1.82) is 0 Å². The molecule has 2 rings (SSSR count). The summed E-state index contributed by atoms with van der Waals surface area (Å²) < 4.78 is 13.0. The van der Waals surface area contributed by atoms with Crippen LogP contribution in [-0.2, 0) is 0 Å². The molecule has 3 atom stereocenters. The lowest BCUT2D eigenvalue weighted by molar-refractivity contribution is 0.225. The van der Waals surface area contributed by atoms with E-state index in [2.05, 4.69) is 21.3 Å². The summed E-state index contributed by atoms with van der Waals surface area (Å²) in [6, 6.07) is 3.69. The lowest BCUT2D eigenvalue weighted by Gasteiger charge is -2.33. The van der Waals surface area contributed by atoms with Crippen LogP contribution in [0.3, 0.4) is 0 Å². The van der Waals surface area contributed by atoms with Crippen molar-refractivity contribution in [3.8, 4) is 0 Å². The van der Waals surface area contributed by atoms with E-state index in [-0.39, 0.29) is 16.6 Å². The molecule has 1 aliphatic rings. The molecule has 5 nitrogen and oxygen atoms in total. The molecule has 1 fully saturated rings. The minimum atomic E-state index is -0.535. The van der Waals surface area contributed by atoms with Crippen LogP contribution in [0.15, 0.2) is 18.2 Å². The number of carbonyl (C=O) groups is 1. The first-order valence-corrected chi connectivity index (χ1v) is 6.94. The van der Waals surface area contributed by atoms with Gasteiger partial charge in [0.2, 0.25) is 0 Å². The third kappa shape index (κ3) is 4.21. The largest absolute Gasteiger partial charge is 0.321 e. The zero-order valence-corrected chi connectivity index (χ0v) is 12.2. The molecule has 0 bridgehead atoms. The van der Waals surface area contributed by atoms with E-state index in [1.807, 2.05) is 6.92 Å². The number of hydrogen-bond donors (Lipinski definition) is 4. The molecule has 0 aromatic heterocycles. The van der Waals surface area contributed by atoms with E-state index in [9.17, 15) is 9.18 Å². The minimum Gasteiger partial charge on any atom is -0.310 e. The number of rotatable bonds is 2. The number of halogens is 3. The van der Waals surface area contributed by atoms with Gasteiger partial charge < -0.3 is 10.6 Å². The molecule has 1 saturated heterocycles. The Labute approximate surface area is 126 Å². The second-order valence-corrected chi connectivity index (χ2v) is 5.53. The second-order valence-electron chi connectivity index (χ2n) is 4.60. The Morgan fingerprint density at radius 1 is 1.45 bits per heavy atom. The molecule has 1 aliphatic heterocycles. The number of alkyl halides is 1. The zero-order valence-electron chi connectivity index (χ0n) is 10.7. The Hall–Kier alpha value is -1.08. The van der Waals surface area contributed by atoms with Gasteiger partial charge in [0.15, 0.2) is 0 Å². The highest BCUT2D eigenvalue weighted by atomic mass is 35.5. The van der Waals surface area contributed by atoms with Gasteiger partial charge >= 0.3 is 6.03 Å². The van der Waals surface area contributed by atoms with E-state index < -0.39 is 18.1 Å². The predicted octanol–water partition coefficient (Wildman–Crippen LogP) is 2.42. The zero-order chi connectivity index (χ0) is 14.7. The molecule has 0 saturated carbocycles. The van der Waals surface area contributed by atoms with Gasteiger partial charge in [-0.15, -0.1) is 11.6 Å². The summed E-state index contributed by atoms with van der Waals surface area (Å²) in [6.45, 7) is 1.97. The van der Waals surface area contributed by atoms with E-state index in [4.69, 9.17) is 23.2 Å². The molecular formula is C12H15Cl2FN4O. The van der Waals surface area contributed by atoms with Crippen molar-refractivity contribution in [3.63, 3.8) is 0 Å². The summed E-state index contributed by atoms with van der Waals surface area (Å²) in [5.41, 5.74) is 0.192. The molecule has 110 valence electrons. The minimum absolute atomic E-state index is 0.0499. The molecule has 1 heterocycles. The van der Waals surface area contributed by atoms with Crippen molar-refractivity contribution < 1.29 is 9.18 Å². The van der Waals surface area contributed by atoms with E-state index in [1.165, 1.54) is 18.2 Å². The average molecular weight is 321 g/mol. The fourth-order valence-corrected chi connectivity index (χ4v) is 2.49. The maximum Gasteiger partial charge on any atom is 0.321 e. The average Bonchev–Trinajstić information content (AvgIpc) is 2.32. The first kappa shape index (κ1) is 15.3. The van der Waals surface area contributed by atoms with Gasteiger partial charge in [-0.1, -0.05) is 11.6 Å². The van der Waals surface area contributed by atoms with Crippen LogP contribution in [0.2, 0.25) is 5.02 Å². The second kappa shape index (κ2) is 6.58. The summed E-state index contributed by atoms with van der Waals surface area (Å²) in [6.07, 6.45) is 0.326. The van der Waals surface area contributed by atoms with Gasteiger partial charge in [-0.05, 0) is 31.5 Å². The molecule has 4 N–H and O–H groups in total. The number of carbonyl (C=O) groups excluding carboxylic acids is 1. The Morgan fingerprint density at radius 2 is 2.20 bits per heavy atom. The first-order chi connectivity index (χ1) is 9.44. The van der Waals surface area contributed by atoms with Crippen LogP contribution in [0.25, 0.3) is 0 Å². The van der Waals surface area contributed by atoms with Gasteiger partial charge in [0.1, 0.15) is 12.1 Å². The molecule has 0 radical (unpaired) electrons. The monoisotopic (exact) mass is 320 g/mol. The fourth-order valence-electron chi connectivity index (χ4n) is 1.92.